The predicted octanol–water partition coefficient (Wildman–Crippen LogP) is 2.24. The highest BCUT2D eigenvalue weighted by Gasteiger charge is 2.12. The summed E-state index contributed by atoms with van der Waals surface area (Å²) < 4.78 is 13.0. The predicted molar refractivity (Wildman–Crippen MR) is 86.1 cm³/mol. The zero-order chi connectivity index (χ0) is 15.7. The molecule has 0 spiro atoms. The highest BCUT2D eigenvalue weighted by atomic mass is 79.9. The third-order valence-electron chi connectivity index (χ3n) is 3.24. The van der Waals surface area contributed by atoms with Crippen LogP contribution in [-0.2, 0) is 6.54 Å². The maximum Gasteiger partial charge on any atom is 0.222 e. The van der Waals surface area contributed by atoms with E-state index in [4.69, 9.17) is 15.2 Å². The molecule has 0 saturated heterocycles. The highest BCUT2D eigenvalue weighted by molar-refractivity contribution is 9.10. The number of methoxy groups -OCH3 is 2. The molecule has 0 fully saturated rings. The van der Waals surface area contributed by atoms with Crippen molar-refractivity contribution >= 4 is 32.9 Å². The molecular formula is C14H14BrN5O2. The van der Waals surface area contributed by atoms with Gasteiger partial charge in [-0.2, -0.15) is 10.1 Å². The molecule has 0 aliphatic heterocycles. The van der Waals surface area contributed by atoms with E-state index in [1.165, 1.54) is 0 Å². The Hall–Kier alpha value is -2.35. The quantitative estimate of drug-likeness (QED) is 0.764. The molecule has 0 aliphatic carbocycles. The molecule has 8 heteroatoms. The number of halogens is 1. The second-order valence-electron chi connectivity index (χ2n) is 4.60. The summed E-state index contributed by atoms with van der Waals surface area (Å²) in [5.74, 6) is 1.57. The number of aromatic nitrogens is 4. The molecule has 1 aromatic carbocycles. The number of anilines is 1. The monoisotopic (exact) mass is 363 g/mol. The van der Waals surface area contributed by atoms with E-state index in [1.54, 1.807) is 25.1 Å². The normalized spacial score (nSPS) is 10.9. The van der Waals surface area contributed by atoms with Gasteiger partial charge in [0.2, 0.25) is 5.95 Å². The minimum absolute atomic E-state index is 0.216. The Morgan fingerprint density at radius 1 is 1.23 bits per heavy atom. The number of benzene rings is 1. The summed E-state index contributed by atoms with van der Waals surface area (Å²) in [6.07, 6.45) is 1.65. The number of nitrogen functional groups attached to an aromatic ring is 1. The van der Waals surface area contributed by atoms with Gasteiger partial charge in [-0.15, -0.1) is 0 Å². The largest absolute Gasteiger partial charge is 0.493 e. The molecule has 7 nitrogen and oxygen atoms in total. The first-order valence-electron chi connectivity index (χ1n) is 6.48. The molecule has 0 aliphatic rings. The van der Waals surface area contributed by atoms with Crippen molar-refractivity contribution in [2.24, 2.45) is 0 Å². The van der Waals surface area contributed by atoms with Crippen LogP contribution in [0.3, 0.4) is 0 Å². The van der Waals surface area contributed by atoms with Crippen LogP contribution in [0.5, 0.6) is 11.5 Å². The van der Waals surface area contributed by atoms with Gasteiger partial charge in [0.05, 0.1) is 26.2 Å². The minimum Gasteiger partial charge on any atom is -0.493 e. The van der Waals surface area contributed by atoms with E-state index in [9.17, 15) is 0 Å². The molecule has 0 bridgehead atoms. The molecule has 2 N–H and O–H groups in total. The standard InChI is InChI=1S/C14H14BrN5O2/c1-21-10-4-3-8(5-11(10)22-2)7-20-13-9(12(15)19-20)6-17-14(16)18-13/h3-6H,7H2,1-2H3,(H2,16,17,18). The van der Waals surface area contributed by atoms with Crippen molar-refractivity contribution in [3.8, 4) is 11.5 Å². The number of hydrogen-bond donors (Lipinski definition) is 1. The van der Waals surface area contributed by atoms with Gasteiger partial charge in [-0.3, -0.25) is 0 Å². The maximum absolute atomic E-state index is 5.66. The summed E-state index contributed by atoms with van der Waals surface area (Å²) in [4.78, 5) is 8.24. The lowest BCUT2D eigenvalue weighted by molar-refractivity contribution is 0.354. The van der Waals surface area contributed by atoms with Crippen LogP contribution >= 0.6 is 15.9 Å². The van der Waals surface area contributed by atoms with Gasteiger partial charge in [0.15, 0.2) is 17.1 Å². The summed E-state index contributed by atoms with van der Waals surface area (Å²) in [6.45, 7) is 0.527. The Balaban J connectivity index is 2.01. The molecule has 3 rings (SSSR count). The van der Waals surface area contributed by atoms with Crippen molar-refractivity contribution < 1.29 is 9.47 Å². The summed E-state index contributed by atoms with van der Waals surface area (Å²) in [6, 6.07) is 5.72. The van der Waals surface area contributed by atoms with Crippen molar-refractivity contribution in [2.45, 2.75) is 6.54 Å². The summed E-state index contributed by atoms with van der Waals surface area (Å²) in [5, 5.41) is 5.24. The smallest absolute Gasteiger partial charge is 0.222 e. The zero-order valence-corrected chi connectivity index (χ0v) is 13.7. The molecule has 3 aromatic rings. The van der Waals surface area contributed by atoms with Crippen LogP contribution in [-0.4, -0.2) is 34.0 Å². The van der Waals surface area contributed by atoms with E-state index in [1.807, 2.05) is 18.2 Å². The maximum atomic E-state index is 5.66. The zero-order valence-electron chi connectivity index (χ0n) is 12.1. The van der Waals surface area contributed by atoms with Crippen molar-refractivity contribution in [1.29, 1.82) is 0 Å². The van der Waals surface area contributed by atoms with Crippen LogP contribution in [0.15, 0.2) is 29.0 Å². The van der Waals surface area contributed by atoms with Gasteiger partial charge >= 0.3 is 0 Å². The Morgan fingerprint density at radius 2 is 2.00 bits per heavy atom. The topological polar surface area (TPSA) is 88.1 Å². The van der Waals surface area contributed by atoms with E-state index in [0.29, 0.717) is 28.3 Å². The summed E-state index contributed by atoms with van der Waals surface area (Å²) in [5.41, 5.74) is 7.35. The van der Waals surface area contributed by atoms with E-state index >= 15 is 0 Å². The second kappa shape index (κ2) is 5.80. The van der Waals surface area contributed by atoms with Crippen LogP contribution < -0.4 is 15.2 Å². The van der Waals surface area contributed by atoms with Crippen molar-refractivity contribution in [2.75, 3.05) is 20.0 Å². The number of ether oxygens (including phenoxy) is 2. The number of nitrogens with zero attached hydrogens (tertiary/aromatic N) is 4. The second-order valence-corrected chi connectivity index (χ2v) is 5.35. The fourth-order valence-electron chi connectivity index (χ4n) is 2.20. The lowest BCUT2D eigenvalue weighted by Crippen LogP contribution is -2.04. The number of fused-ring (bicyclic) bond motifs is 1. The van der Waals surface area contributed by atoms with Crippen molar-refractivity contribution in [3.63, 3.8) is 0 Å². The lowest BCUT2D eigenvalue weighted by Gasteiger charge is -2.10. The van der Waals surface area contributed by atoms with Gasteiger partial charge in [-0.05, 0) is 33.6 Å². The molecule has 0 unspecified atom stereocenters. The summed E-state index contributed by atoms with van der Waals surface area (Å²) in [7, 11) is 3.21. The minimum atomic E-state index is 0.216. The Bertz CT molecular complexity index is 833. The van der Waals surface area contributed by atoms with Crippen LogP contribution in [0.25, 0.3) is 11.0 Å². The van der Waals surface area contributed by atoms with Crippen LogP contribution in [0.1, 0.15) is 5.56 Å². The molecule has 2 aromatic heterocycles. The fraction of sp³-hybridized carbons (Fsp3) is 0.214. The van der Waals surface area contributed by atoms with Gasteiger partial charge in [0.1, 0.15) is 4.60 Å². The van der Waals surface area contributed by atoms with Crippen molar-refractivity contribution in [3.05, 3.63) is 34.6 Å². The van der Waals surface area contributed by atoms with E-state index in [2.05, 4.69) is 31.0 Å². The Labute approximate surface area is 135 Å². The molecule has 0 saturated carbocycles. The summed E-state index contributed by atoms with van der Waals surface area (Å²) >= 11 is 3.41. The SMILES string of the molecule is COc1ccc(Cn2nc(Br)c3cnc(N)nc32)cc1OC. The van der Waals surface area contributed by atoms with Crippen LogP contribution in [0.2, 0.25) is 0 Å². The molecule has 0 amide bonds. The first-order valence-corrected chi connectivity index (χ1v) is 7.27. The molecule has 0 radical (unpaired) electrons. The highest BCUT2D eigenvalue weighted by Crippen LogP contribution is 2.28. The molecule has 22 heavy (non-hydrogen) atoms. The van der Waals surface area contributed by atoms with Crippen LogP contribution in [0.4, 0.5) is 5.95 Å². The van der Waals surface area contributed by atoms with E-state index in [0.717, 1.165) is 10.9 Å². The Morgan fingerprint density at radius 3 is 2.73 bits per heavy atom. The number of hydrogen-bond acceptors (Lipinski definition) is 6. The fourth-order valence-corrected chi connectivity index (χ4v) is 2.67. The first kappa shape index (κ1) is 14.6. The lowest BCUT2D eigenvalue weighted by atomic mass is 10.2. The Kier molecular flexibility index (Phi) is 3.84. The van der Waals surface area contributed by atoms with Crippen molar-refractivity contribution in [1.82, 2.24) is 19.7 Å². The van der Waals surface area contributed by atoms with Gasteiger partial charge in [0.25, 0.3) is 0 Å². The molecule has 0 atom stereocenters. The molecule has 114 valence electrons. The van der Waals surface area contributed by atoms with Gasteiger partial charge in [-0.25, -0.2) is 9.67 Å². The number of nitrogens with two attached hydrogens (primary N) is 1. The third kappa shape index (κ3) is 2.57. The van der Waals surface area contributed by atoms with Gasteiger partial charge in [-0.1, -0.05) is 6.07 Å². The van der Waals surface area contributed by atoms with Gasteiger partial charge < -0.3 is 15.2 Å². The molecule has 2 heterocycles. The number of rotatable bonds is 4. The van der Waals surface area contributed by atoms with Crippen LogP contribution in [0, 0.1) is 0 Å². The molecular weight excluding hydrogens is 350 g/mol. The average Bonchev–Trinajstić information content (AvgIpc) is 2.82. The third-order valence-corrected chi connectivity index (χ3v) is 3.83. The average molecular weight is 364 g/mol. The van der Waals surface area contributed by atoms with E-state index < -0.39 is 0 Å². The van der Waals surface area contributed by atoms with Gasteiger partial charge in [0, 0.05) is 6.20 Å². The first-order chi connectivity index (χ1) is 10.6. The van der Waals surface area contributed by atoms with E-state index in [-0.39, 0.29) is 5.95 Å².